The van der Waals surface area contributed by atoms with E-state index in [-0.39, 0.29) is 17.9 Å². The zero-order valence-corrected chi connectivity index (χ0v) is 13.7. The van der Waals surface area contributed by atoms with E-state index in [1.54, 1.807) is 36.4 Å². The number of phenols is 1. The van der Waals surface area contributed by atoms with Crippen LogP contribution in [-0.4, -0.2) is 19.6 Å². The summed E-state index contributed by atoms with van der Waals surface area (Å²) in [7, 11) is 0. The summed E-state index contributed by atoms with van der Waals surface area (Å²) in [6.07, 6.45) is 0. The number of para-hydroxylation sites is 1. The van der Waals surface area contributed by atoms with Crippen LogP contribution in [0.5, 0.6) is 5.75 Å². The molecule has 0 spiro atoms. The van der Waals surface area contributed by atoms with Crippen molar-refractivity contribution in [2.24, 2.45) is 0 Å². The first-order chi connectivity index (χ1) is 12.6. The zero-order chi connectivity index (χ0) is 18.1. The van der Waals surface area contributed by atoms with Gasteiger partial charge in [-0.1, -0.05) is 42.5 Å². The van der Waals surface area contributed by atoms with Gasteiger partial charge in [0.25, 0.3) is 5.56 Å². The number of hydrogen-bond acceptors (Lipinski definition) is 4. The van der Waals surface area contributed by atoms with Crippen molar-refractivity contribution in [1.29, 1.82) is 0 Å². The van der Waals surface area contributed by atoms with Gasteiger partial charge in [0.2, 0.25) is 0 Å². The molecule has 26 heavy (non-hydrogen) atoms. The van der Waals surface area contributed by atoms with Crippen molar-refractivity contribution < 1.29 is 5.11 Å². The summed E-state index contributed by atoms with van der Waals surface area (Å²) in [4.78, 5) is 31.4. The Morgan fingerprint density at radius 1 is 0.923 bits per heavy atom. The molecule has 0 unspecified atom stereocenters. The number of pyridine rings is 1. The first-order valence-corrected chi connectivity index (χ1v) is 8.09. The minimum absolute atomic E-state index is 0.0844. The topological polar surface area (TPSA) is 88.0 Å². The second kappa shape index (κ2) is 6.33. The van der Waals surface area contributed by atoms with Gasteiger partial charge in [-0.05, 0) is 29.8 Å². The number of nitrogens with one attached hydrogen (secondary N) is 1. The van der Waals surface area contributed by atoms with Gasteiger partial charge in [-0.2, -0.15) is 0 Å². The maximum Gasteiger partial charge on any atom is 0.330 e. The molecule has 0 aliphatic carbocycles. The largest absolute Gasteiger partial charge is 0.507 e. The third-order valence-corrected chi connectivity index (χ3v) is 4.20. The van der Waals surface area contributed by atoms with Crippen molar-refractivity contribution in [3.63, 3.8) is 0 Å². The van der Waals surface area contributed by atoms with Gasteiger partial charge in [-0.3, -0.25) is 14.3 Å². The Bertz CT molecular complexity index is 1210. The van der Waals surface area contributed by atoms with Gasteiger partial charge >= 0.3 is 5.69 Å². The number of rotatable bonds is 3. The smallest absolute Gasteiger partial charge is 0.330 e. The number of phenolic OH excluding ortho intramolecular Hbond substituents is 1. The van der Waals surface area contributed by atoms with Gasteiger partial charge in [-0.25, -0.2) is 9.78 Å². The van der Waals surface area contributed by atoms with Gasteiger partial charge < -0.3 is 5.11 Å². The molecular weight excluding hydrogens is 330 g/mol. The Balaban J connectivity index is 1.96. The highest BCUT2D eigenvalue weighted by Gasteiger charge is 2.12. The fraction of sp³-hybridized carbons (Fsp3) is 0.0500. The van der Waals surface area contributed by atoms with E-state index in [0.717, 1.165) is 5.56 Å². The summed E-state index contributed by atoms with van der Waals surface area (Å²) < 4.78 is 1.43. The second-order valence-corrected chi connectivity index (χ2v) is 5.92. The molecule has 128 valence electrons. The number of benzene rings is 2. The summed E-state index contributed by atoms with van der Waals surface area (Å²) in [5.74, 6) is 0.0844. The van der Waals surface area contributed by atoms with Crippen LogP contribution in [0.1, 0.15) is 5.56 Å². The molecule has 2 N–H and O–H groups in total. The Labute approximate surface area is 148 Å². The van der Waals surface area contributed by atoms with Crippen molar-refractivity contribution in [3.05, 3.63) is 93.1 Å². The van der Waals surface area contributed by atoms with Crippen LogP contribution in [0, 0.1) is 0 Å². The number of aromatic hydroxyl groups is 1. The first-order valence-electron chi connectivity index (χ1n) is 8.09. The SMILES string of the molecule is O=c1[nH]c(=O)n(Cc2ccccc2)c2nc(-c3ccccc3O)ccc12. The average Bonchev–Trinajstić information content (AvgIpc) is 2.66. The van der Waals surface area contributed by atoms with E-state index >= 15 is 0 Å². The molecule has 0 aliphatic heterocycles. The predicted octanol–water partition coefficient (Wildman–Crippen LogP) is 2.51. The molecule has 0 amide bonds. The Kier molecular flexibility index (Phi) is 3.85. The molecule has 4 rings (SSSR count). The van der Waals surface area contributed by atoms with Crippen molar-refractivity contribution in [1.82, 2.24) is 14.5 Å². The Hall–Kier alpha value is -3.67. The van der Waals surface area contributed by atoms with E-state index in [2.05, 4.69) is 9.97 Å². The standard InChI is InChI=1S/C20H15N3O3/c24-17-9-5-4-8-14(17)16-11-10-15-18(21-16)23(20(26)22-19(15)25)12-13-6-2-1-3-7-13/h1-11,24H,12H2,(H,22,25,26). The lowest BCUT2D eigenvalue weighted by atomic mass is 10.1. The molecule has 0 saturated carbocycles. The normalized spacial score (nSPS) is 10.9. The third kappa shape index (κ3) is 2.77. The lowest BCUT2D eigenvalue weighted by molar-refractivity contribution is 0.477. The Morgan fingerprint density at radius 2 is 1.65 bits per heavy atom. The van der Waals surface area contributed by atoms with Crippen LogP contribution in [0.2, 0.25) is 0 Å². The summed E-state index contributed by atoms with van der Waals surface area (Å²) in [5.41, 5.74) is 1.22. The van der Waals surface area contributed by atoms with E-state index in [0.29, 0.717) is 16.6 Å². The molecule has 0 fully saturated rings. The van der Waals surface area contributed by atoms with E-state index in [9.17, 15) is 14.7 Å². The third-order valence-electron chi connectivity index (χ3n) is 4.20. The molecular formula is C20H15N3O3. The molecule has 6 nitrogen and oxygen atoms in total. The molecule has 4 aromatic rings. The van der Waals surface area contributed by atoms with Crippen molar-refractivity contribution >= 4 is 11.0 Å². The summed E-state index contributed by atoms with van der Waals surface area (Å²) in [6.45, 7) is 0.282. The number of nitrogens with zero attached hydrogens (tertiary/aromatic N) is 2. The Morgan fingerprint density at radius 3 is 2.42 bits per heavy atom. The zero-order valence-electron chi connectivity index (χ0n) is 13.7. The molecule has 0 saturated heterocycles. The van der Waals surface area contributed by atoms with Crippen LogP contribution in [0.15, 0.2) is 76.3 Å². The van der Waals surface area contributed by atoms with Gasteiger partial charge in [0.15, 0.2) is 5.65 Å². The number of aromatic amines is 1. The molecule has 0 aliphatic rings. The van der Waals surface area contributed by atoms with Crippen molar-refractivity contribution in [3.8, 4) is 17.0 Å². The van der Waals surface area contributed by atoms with Crippen molar-refractivity contribution in [2.75, 3.05) is 0 Å². The van der Waals surface area contributed by atoms with Crippen LogP contribution in [0.4, 0.5) is 0 Å². The minimum Gasteiger partial charge on any atom is -0.507 e. The maximum atomic E-state index is 12.4. The molecule has 2 aromatic heterocycles. The number of fused-ring (bicyclic) bond motifs is 1. The highest BCUT2D eigenvalue weighted by molar-refractivity contribution is 5.79. The van der Waals surface area contributed by atoms with Crippen LogP contribution in [0.3, 0.4) is 0 Å². The van der Waals surface area contributed by atoms with Gasteiger partial charge in [-0.15, -0.1) is 0 Å². The molecule has 0 bridgehead atoms. The van der Waals surface area contributed by atoms with Crippen LogP contribution in [0.25, 0.3) is 22.3 Å². The van der Waals surface area contributed by atoms with E-state index < -0.39 is 11.2 Å². The molecule has 2 heterocycles. The summed E-state index contributed by atoms with van der Waals surface area (Å²) in [5, 5.41) is 10.4. The summed E-state index contributed by atoms with van der Waals surface area (Å²) in [6, 6.07) is 19.5. The first kappa shape index (κ1) is 15.8. The quantitative estimate of drug-likeness (QED) is 0.597. The van der Waals surface area contributed by atoms with Gasteiger partial charge in [0.1, 0.15) is 5.75 Å². The predicted molar refractivity (Wildman–Crippen MR) is 99.3 cm³/mol. The lowest BCUT2D eigenvalue weighted by Crippen LogP contribution is -2.31. The molecule has 6 heteroatoms. The van der Waals surface area contributed by atoms with E-state index in [1.165, 1.54) is 4.57 Å². The maximum absolute atomic E-state index is 12.4. The average molecular weight is 345 g/mol. The highest BCUT2D eigenvalue weighted by Crippen LogP contribution is 2.27. The number of H-pyrrole nitrogens is 1. The minimum atomic E-state index is -0.520. The monoisotopic (exact) mass is 345 g/mol. The highest BCUT2D eigenvalue weighted by atomic mass is 16.3. The fourth-order valence-electron chi connectivity index (χ4n) is 2.91. The fourth-order valence-corrected chi connectivity index (χ4v) is 2.91. The van der Waals surface area contributed by atoms with E-state index in [1.807, 2.05) is 30.3 Å². The second-order valence-electron chi connectivity index (χ2n) is 5.92. The van der Waals surface area contributed by atoms with Gasteiger partial charge in [0.05, 0.1) is 17.6 Å². The van der Waals surface area contributed by atoms with Crippen LogP contribution in [-0.2, 0) is 6.54 Å². The van der Waals surface area contributed by atoms with Crippen molar-refractivity contribution in [2.45, 2.75) is 6.54 Å². The number of aromatic nitrogens is 3. The number of hydrogen-bond donors (Lipinski definition) is 2. The molecule has 2 aromatic carbocycles. The molecule has 0 radical (unpaired) electrons. The lowest BCUT2D eigenvalue weighted by Gasteiger charge is -2.11. The summed E-state index contributed by atoms with van der Waals surface area (Å²) >= 11 is 0. The van der Waals surface area contributed by atoms with Crippen LogP contribution >= 0.6 is 0 Å². The van der Waals surface area contributed by atoms with E-state index in [4.69, 9.17) is 0 Å². The van der Waals surface area contributed by atoms with Crippen LogP contribution < -0.4 is 11.2 Å². The van der Waals surface area contributed by atoms with Gasteiger partial charge in [0, 0.05) is 5.56 Å². The molecule has 0 atom stereocenters.